The number of nitrogens with one attached hydrogen (secondary N) is 3. The first kappa shape index (κ1) is 15.0. The van der Waals surface area contributed by atoms with Crippen LogP contribution in [0.5, 0.6) is 0 Å². The second kappa shape index (κ2) is 8.04. The van der Waals surface area contributed by atoms with Crippen LogP contribution in [0.4, 0.5) is 5.82 Å². The van der Waals surface area contributed by atoms with Crippen molar-refractivity contribution in [3.05, 3.63) is 42.1 Å². The number of imidazole rings is 1. The fourth-order valence-corrected chi connectivity index (χ4v) is 1.96. The van der Waals surface area contributed by atoms with Crippen molar-refractivity contribution >= 4 is 11.7 Å². The summed E-state index contributed by atoms with van der Waals surface area (Å²) in [5, 5.41) is 6.09. The van der Waals surface area contributed by atoms with E-state index in [0.29, 0.717) is 17.9 Å². The summed E-state index contributed by atoms with van der Waals surface area (Å²) in [4.78, 5) is 23.6. The van der Waals surface area contributed by atoms with E-state index in [1.165, 1.54) is 0 Å². The lowest BCUT2D eigenvalue weighted by molar-refractivity contribution is 0.0953. The Kier molecular flexibility index (Phi) is 5.75. The quantitative estimate of drug-likeness (QED) is 0.648. The molecule has 6 heteroatoms. The van der Waals surface area contributed by atoms with Crippen LogP contribution >= 0.6 is 0 Å². The summed E-state index contributed by atoms with van der Waals surface area (Å²) < 4.78 is 0. The van der Waals surface area contributed by atoms with E-state index in [0.717, 1.165) is 31.6 Å². The number of carbonyl (C=O) groups is 1. The van der Waals surface area contributed by atoms with Crippen molar-refractivity contribution in [1.29, 1.82) is 0 Å². The highest BCUT2D eigenvalue weighted by atomic mass is 16.1. The summed E-state index contributed by atoms with van der Waals surface area (Å²) in [6, 6.07) is 3.56. The lowest BCUT2D eigenvalue weighted by Crippen LogP contribution is -2.26. The van der Waals surface area contributed by atoms with E-state index in [1.54, 1.807) is 30.7 Å². The molecule has 6 nitrogen and oxygen atoms in total. The van der Waals surface area contributed by atoms with Crippen LogP contribution in [-0.4, -0.2) is 33.9 Å². The molecule has 0 radical (unpaired) electrons. The van der Waals surface area contributed by atoms with Crippen LogP contribution < -0.4 is 10.6 Å². The van der Waals surface area contributed by atoms with Gasteiger partial charge in [-0.05, 0) is 25.0 Å². The number of aromatic amines is 1. The zero-order valence-electron chi connectivity index (χ0n) is 12.2. The molecule has 1 amide bonds. The van der Waals surface area contributed by atoms with E-state index < -0.39 is 0 Å². The third-order valence-electron chi connectivity index (χ3n) is 3.03. The topological polar surface area (TPSA) is 82.7 Å². The number of amides is 1. The molecule has 2 rings (SSSR count). The molecule has 0 spiro atoms. The Hall–Kier alpha value is -2.37. The molecule has 2 aromatic heterocycles. The Labute approximate surface area is 124 Å². The summed E-state index contributed by atoms with van der Waals surface area (Å²) in [5.74, 6) is 1.49. The SMILES string of the molecule is CCCNc1ncccc1C(=O)NCCCc1ncc[nH]1. The van der Waals surface area contributed by atoms with Crippen molar-refractivity contribution in [2.24, 2.45) is 0 Å². The monoisotopic (exact) mass is 287 g/mol. The summed E-state index contributed by atoms with van der Waals surface area (Å²) >= 11 is 0. The van der Waals surface area contributed by atoms with Gasteiger partial charge in [0, 0.05) is 38.1 Å². The highest BCUT2D eigenvalue weighted by Gasteiger charge is 2.11. The third kappa shape index (κ3) is 4.59. The first-order valence-electron chi connectivity index (χ1n) is 7.26. The minimum Gasteiger partial charge on any atom is -0.369 e. The van der Waals surface area contributed by atoms with E-state index in [-0.39, 0.29) is 5.91 Å². The van der Waals surface area contributed by atoms with E-state index in [4.69, 9.17) is 0 Å². The van der Waals surface area contributed by atoms with Crippen LogP contribution in [0.15, 0.2) is 30.7 Å². The molecule has 2 aromatic rings. The molecule has 0 bridgehead atoms. The first-order chi connectivity index (χ1) is 10.3. The molecule has 0 atom stereocenters. The van der Waals surface area contributed by atoms with Gasteiger partial charge in [0.05, 0.1) is 5.56 Å². The van der Waals surface area contributed by atoms with E-state index in [9.17, 15) is 4.79 Å². The van der Waals surface area contributed by atoms with E-state index in [1.807, 2.05) is 0 Å². The van der Waals surface area contributed by atoms with Crippen molar-refractivity contribution in [3.8, 4) is 0 Å². The fraction of sp³-hybridized carbons (Fsp3) is 0.400. The number of hydrogen-bond donors (Lipinski definition) is 3. The number of carbonyl (C=O) groups excluding carboxylic acids is 1. The van der Waals surface area contributed by atoms with Crippen LogP contribution in [-0.2, 0) is 6.42 Å². The number of pyridine rings is 1. The number of aromatic nitrogens is 3. The van der Waals surface area contributed by atoms with Crippen molar-refractivity contribution in [2.75, 3.05) is 18.4 Å². The number of aryl methyl sites for hydroxylation is 1. The molecule has 0 saturated carbocycles. The standard InChI is InChI=1S/C15H21N5O/c1-2-7-18-14-12(5-3-8-19-14)15(21)20-9-4-6-13-16-10-11-17-13/h3,5,8,10-11H,2,4,6-7,9H2,1H3,(H,16,17)(H,18,19)(H,20,21). The Morgan fingerprint density at radius 3 is 2.95 bits per heavy atom. The summed E-state index contributed by atoms with van der Waals surface area (Å²) in [6.45, 7) is 3.49. The highest BCUT2D eigenvalue weighted by molar-refractivity contribution is 5.98. The van der Waals surface area contributed by atoms with Gasteiger partial charge in [-0.2, -0.15) is 0 Å². The molecule has 0 fully saturated rings. The maximum Gasteiger partial charge on any atom is 0.255 e. The molecule has 0 aliphatic carbocycles. The first-order valence-corrected chi connectivity index (χ1v) is 7.26. The Balaban J connectivity index is 1.82. The van der Waals surface area contributed by atoms with Gasteiger partial charge in [0.15, 0.2) is 0 Å². The number of anilines is 1. The predicted octanol–water partition coefficient (Wildman–Crippen LogP) is 1.99. The second-order valence-electron chi connectivity index (χ2n) is 4.72. The third-order valence-corrected chi connectivity index (χ3v) is 3.03. The highest BCUT2D eigenvalue weighted by Crippen LogP contribution is 2.11. The smallest absolute Gasteiger partial charge is 0.255 e. The van der Waals surface area contributed by atoms with Crippen LogP contribution in [0.2, 0.25) is 0 Å². The average Bonchev–Trinajstić information content (AvgIpc) is 3.03. The van der Waals surface area contributed by atoms with E-state index >= 15 is 0 Å². The lowest BCUT2D eigenvalue weighted by atomic mass is 10.2. The number of H-pyrrole nitrogens is 1. The molecule has 0 aliphatic heterocycles. The molecule has 0 saturated heterocycles. The molecule has 112 valence electrons. The predicted molar refractivity (Wildman–Crippen MR) is 82.3 cm³/mol. The summed E-state index contributed by atoms with van der Waals surface area (Å²) in [7, 11) is 0. The van der Waals surface area contributed by atoms with Gasteiger partial charge in [-0.3, -0.25) is 4.79 Å². The molecular formula is C15H21N5O. The van der Waals surface area contributed by atoms with Gasteiger partial charge in [0.2, 0.25) is 0 Å². The largest absolute Gasteiger partial charge is 0.369 e. The number of nitrogens with zero attached hydrogens (tertiary/aromatic N) is 2. The minimum absolute atomic E-state index is 0.0962. The number of hydrogen-bond acceptors (Lipinski definition) is 4. The molecule has 3 N–H and O–H groups in total. The maximum absolute atomic E-state index is 12.2. The molecule has 21 heavy (non-hydrogen) atoms. The van der Waals surface area contributed by atoms with Gasteiger partial charge in [-0.15, -0.1) is 0 Å². The van der Waals surface area contributed by atoms with Gasteiger partial charge in [-0.25, -0.2) is 9.97 Å². The normalized spacial score (nSPS) is 10.3. The van der Waals surface area contributed by atoms with Crippen molar-refractivity contribution < 1.29 is 4.79 Å². The lowest BCUT2D eigenvalue weighted by Gasteiger charge is -2.10. The number of rotatable bonds is 8. The summed E-state index contributed by atoms with van der Waals surface area (Å²) in [6.07, 6.45) is 7.87. The van der Waals surface area contributed by atoms with E-state index in [2.05, 4.69) is 32.5 Å². The zero-order valence-corrected chi connectivity index (χ0v) is 12.2. The van der Waals surface area contributed by atoms with Gasteiger partial charge in [-0.1, -0.05) is 6.92 Å². The molecular weight excluding hydrogens is 266 g/mol. The minimum atomic E-state index is -0.0962. The molecule has 0 unspecified atom stereocenters. The van der Waals surface area contributed by atoms with Crippen molar-refractivity contribution in [3.63, 3.8) is 0 Å². The van der Waals surface area contributed by atoms with Crippen LogP contribution in [0.3, 0.4) is 0 Å². The van der Waals surface area contributed by atoms with Crippen LogP contribution in [0, 0.1) is 0 Å². The average molecular weight is 287 g/mol. The molecule has 0 aliphatic rings. The Bertz CT molecular complexity index is 553. The zero-order chi connectivity index (χ0) is 14.9. The van der Waals surface area contributed by atoms with Crippen molar-refractivity contribution in [1.82, 2.24) is 20.3 Å². The fourth-order valence-electron chi connectivity index (χ4n) is 1.96. The molecule has 0 aromatic carbocycles. The maximum atomic E-state index is 12.2. The summed E-state index contributed by atoms with van der Waals surface area (Å²) in [5.41, 5.74) is 0.587. The van der Waals surface area contributed by atoms with Gasteiger partial charge in [0.1, 0.15) is 11.6 Å². The Morgan fingerprint density at radius 1 is 1.29 bits per heavy atom. The van der Waals surface area contributed by atoms with Crippen LogP contribution in [0.25, 0.3) is 0 Å². The van der Waals surface area contributed by atoms with Gasteiger partial charge >= 0.3 is 0 Å². The molecule has 2 heterocycles. The Morgan fingerprint density at radius 2 is 2.19 bits per heavy atom. The van der Waals surface area contributed by atoms with Gasteiger partial charge in [0.25, 0.3) is 5.91 Å². The van der Waals surface area contributed by atoms with Gasteiger partial charge < -0.3 is 15.6 Å². The second-order valence-corrected chi connectivity index (χ2v) is 4.72. The van der Waals surface area contributed by atoms with Crippen LogP contribution in [0.1, 0.15) is 35.9 Å². The van der Waals surface area contributed by atoms with Crippen molar-refractivity contribution in [2.45, 2.75) is 26.2 Å².